The first-order valence-electron chi connectivity index (χ1n) is 5.92. The Kier molecular flexibility index (Phi) is 2.72. The van der Waals surface area contributed by atoms with Gasteiger partial charge in [0.15, 0.2) is 0 Å². The molecule has 2 aromatic rings. The molecular weight excluding hydrogens is 234 g/mol. The fraction of sp³-hybridized carbons (Fsp3) is 0.500. The third-order valence-electron chi connectivity index (χ3n) is 3.30. The Morgan fingerprint density at radius 3 is 3.29 bits per heavy atom. The molecule has 2 aromatic heterocycles. The van der Waals surface area contributed by atoms with Crippen LogP contribution in [-0.4, -0.2) is 22.1 Å². The lowest BCUT2D eigenvalue weighted by Crippen LogP contribution is -2.32. The van der Waals surface area contributed by atoms with Crippen LogP contribution in [0.5, 0.6) is 0 Å². The number of thiophene rings is 1. The molecule has 5 heteroatoms. The van der Waals surface area contributed by atoms with Gasteiger partial charge in [-0.05, 0) is 37.3 Å². The minimum Gasteiger partial charge on any atom is -0.312 e. The molecule has 90 valence electrons. The van der Waals surface area contributed by atoms with Gasteiger partial charge in [0.1, 0.15) is 4.70 Å². The van der Waals surface area contributed by atoms with Crippen molar-refractivity contribution in [2.24, 2.45) is 0 Å². The number of hydrogen-bond acceptors (Lipinski definition) is 4. The molecule has 0 aliphatic carbocycles. The highest BCUT2D eigenvalue weighted by atomic mass is 32.1. The first-order valence-corrected chi connectivity index (χ1v) is 6.80. The number of aromatic nitrogens is 2. The van der Waals surface area contributed by atoms with Gasteiger partial charge in [-0.15, -0.1) is 11.3 Å². The summed E-state index contributed by atoms with van der Waals surface area (Å²) in [5.41, 5.74) is 2.05. The topological polar surface area (TPSA) is 46.9 Å². The third kappa shape index (κ3) is 1.89. The second-order valence-electron chi connectivity index (χ2n) is 4.59. The molecule has 1 atom stereocenters. The number of aryl methyl sites for hydroxylation is 1. The highest BCUT2D eigenvalue weighted by Gasteiger charge is 2.16. The minimum atomic E-state index is 0.0989. The van der Waals surface area contributed by atoms with E-state index in [9.17, 15) is 4.79 Å². The van der Waals surface area contributed by atoms with Crippen molar-refractivity contribution in [3.05, 3.63) is 27.6 Å². The summed E-state index contributed by atoms with van der Waals surface area (Å²) < 4.78 is 2.52. The smallest absolute Gasteiger partial charge is 0.271 e. The molecule has 3 heterocycles. The van der Waals surface area contributed by atoms with Crippen LogP contribution in [0.15, 0.2) is 16.5 Å². The molecule has 0 saturated carbocycles. The van der Waals surface area contributed by atoms with Crippen LogP contribution in [0.2, 0.25) is 0 Å². The van der Waals surface area contributed by atoms with E-state index < -0.39 is 0 Å². The van der Waals surface area contributed by atoms with Crippen molar-refractivity contribution in [2.45, 2.75) is 32.4 Å². The van der Waals surface area contributed by atoms with Crippen LogP contribution < -0.4 is 10.9 Å². The molecule has 4 nitrogen and oxygen atoms in total. The Bertz CT molecular complexity index is 595. The highest BCUT2D eigenvalue weighted by molar-refractivity contribution is 7.17. The van der Waals surface area contributed by atoms with E-state index >= 15 is 0 Å². The number of rotatable bonds is 2. The summed E-state index contributed by atoms with van der Waals surface area (Å²) in [6, 6.07) is 0.424. The van der Waals surface area contributed by atoms with Crippen molar-refractivity contribution in [3.63, 3.8) is 0 Å². The Balaban J connectivity index is 1.99. The number of nitrogens with one attached hydrogen (secondary N) is 1. The molecule has 0 spiro atoms. The molecule has 3 rings (SSSR count). The zero-order valence-electron chi connectivity index (χ0n) is 9.77. The molecule has 1 aliphatic rings. The van der Waals surface area contributed by atoms with Crippen LogP contribution in [0.25, 0.3) is 10.2 Å². The summed E-state index contributed by atoms with van der Waals surface area (Å²) in [5.74, 6) is 0. The lowest BCUT2D eigenvalue weighted by Gasteiger charge is -2.11. The molecule has 17 heavy (non-hydrogen) atoms. The maximum absolute atomic E-state index is 12.2. The molecule has 1 aliphatic heterocycles. The van der Waals surface area contributed by atoms with E-state index in [1.807, 2.05) is 12.3 Å². The van der Waals surface area contributed by atoms with Crippen LogP contribution in [-0.2, 0) is 6.54 Å². The number of fused-ring (bicyclic) bond motifs is 1. The van der Waals surface area contributed by atoms with Crippen LogP contribution in [0.4, 0.5) is 0 Å². The molecule has 1 saturated heterocycles. The van der Waals surface area contributed by atoms with E-state index in [2.05, 4.69) is 10.3 Å². The molecule has 0 bridgehead atoms. The van der Waals surface area contributed by atoms with Crippen molar-refractivity contribution in [1.82, 2.24) is 14.9 Å². The Morgan fingerprint density at radius 1 is 1.65 bits per heavy atom. The SMILES string of the molecule is Cc1csc2c(=O)n(CC3CCCN3)cnc12. The van der Waals surface area contributed by atoms with Gasteiger partial charge in [0.25, 0.3) is 5.56 Å². The fourth-order valence-electron chi connectivity index (χ4n) is 2.34. The van der Waals surface area contributed by atoms with Gasteiger partial charge in [-0.3, -0.25) is 9.36 Å². The van der Waals surface area contributed by atoms with Crippen molar-refractivity contribution in [3.8, 4) is 0 Å². The predicted molar refractivity (Wildman–Crippen MR) is 69.6 cm³/mol. The summed E-state index contributed by atoms with van der Waals surface area (Å²) in [5, 5.41) is 5.40. The molecule has 1 fully saturated rings. The van der Waals surface area contributed by atoms with Crippen molar-refractivity contribution < 1.29 is 0 Å². The van der Waals surface area contributed by atoms with Gasteiger partial charge >= 0.3 is 0 Å². The zero-order chi connectivity index (χ0) is 11.8. The molecule has 0 aromatic carbocycles. The zero-order valence-corrected chi connectivity index (χ0v) is 10.6. The first kappa shape index (κ1) is 10.9. The van der Waals surface area contributed by atoms with Gasteiger partial charge in [0.2, 0.25) is 0 Å². The fourth-order valence-corrected chi connectivity index (χ4v) is 3.29. The Labute approximate surface area is 103 Å². The van der Waals surface area contributed by atoms with E-state index in [1.54, 1.807) is 10.9 Å². The maximum Gasteiger partial charge on any atom is 0.271 e. The van der Waals surface area contributed by atoms with Gasteiger partial charge in [-0.2, -0.15) is 0 Å². The second kappa shape index (κ2) is 4.23. The number of nitrogens with zero attached hydrogens (tertiary/aromatic N) is 2. The standard InChI is InChI=1S/C12H15N3OS/c1-8-6-17-11-10(8)14-7-15(12(11)16)5-9-3-2-4-13-9/h6-7,9,13H,2-5H2,1H3. The predicted octanol–water partition coefficient (Wildman–Crippen LogP) is 1.52. The largest absolute Gasteiger partial charge is 0.312 e. The highest BCUT2D eigenvalue weighted by Crippen LogP contribution is 2.19. The molecular formula is C12H15N3OS. The van der Waals surface area contributed by atoms with Crippen LogP contribution in [0.3, 0.4) is 0 Å². The molecule has 0 radical (unpaired) electrons. The molecule has 0 amide bonds. The van der Waals surface area contributed by atoms with E-state index in [4.69, 9.17) is 0 Å². The van der Waals surface area contributed by atoms with E-state index in [0.717, 1.165) is 35.3 Å². The maximum atomic E-state index is 12.2. The Morgan fingerprint density at radius 2 is 2.53 bits per heavy atom. The minimum absolute atomic E-state index is 0.0989. The third-order valence-corrected chi connectivity index (χ3v) is 4.38. The van der Waals surface area contributed by atoms with E-state index in [-0.39, 0.29) is 5.56 Å². The van der Waals surface area contributed by atoms with Gasteiger partial charge in [-0.25, -0.2) is 4.98 Å². The summed E-state index contributed by atoms with van der Waals surface area (Å²) >= 11 is 1.50. The van der Waals surface area contributed by atoms with Crippen LogP contribution in [0.1, 0.15) is 18.4 Å². The summed E-state index contributed by atoms with van der Waals surface area (Å²) in [6.45, 7) is 3.79. The second-order valence-corrected chi connectivity index (χ2v) is 5.47. The monoisotopic (exact) mass is 249 g/mol. The number of hydrogen-bond donors (Lipinski definition) is 1. The lowest BCUT2D eigenvalue weighted by molar-refractivity contribution is 0.497. The van der Waals surface area contributed by atoms with Gasteiger partial charge in [-0.1, -0.05) is 0 Å². The average Bonchev–Trinajstić information content (AvgIpc) is 2.93. The van der Waals surface area contributed by atoms with E-state index in [0.29, 0.717) is 6.04 Å². The molecule has 1 N–H and O–H groups in total. The summed E-state index contributed by atoms with van der Waals surface area (Å²) in [6.07, 6.45) is 4.03. The first-order chi connectivity index (χ1) is 8.25. The lowest BCUT2D eigenvalue weighted by atomic mass is 10.2. The average molecular weight is 249 g/mol. The summed E-state index contributed by atoms with van der Waals surface area (Å²) in [7, 11) is 0. The van der Waals surface area contributed by atoms with Crippen LogP contribution in [0, 0.1) is 6.92 Å². The normalized spacial score (nSPS) is 20.2. The van der Waals surface area contributed by atoms with Gasteiger partial charge < -0.3 is 5.32 Å². The van der Waals surface area contributed by atoms with Gasteiger partial charge in [0, 0.05) is 12.6 Å². The Hall–Kier alpha value is -1.20. The quantitative estimate of drug-likeness (QED) is 0.877. The van der Waals surface area contributed by atoms with E-state index in [1.165, 1.54) is 17.8 Å². The van der Waals surface area contributed by atoms with Crippen molar-refractivity contribution in [2.75, 3.05) is 6.54 Å². The summed E-state index contributed by atoms with van der Waals surface area (Å²) in [4.78, 5) is 16.6. The van der Waals surface area contributed by atoms with Gasteiger partial charge in [0.05, 0.1) is 11.8 Å². The molecule has 1 unspecified atom stereocenters. The van der Waals surface area contributed by atoms with Crippen molar-refractivity contribution in [1.29, 1.82) is 0 Å². The van der Waals surface area contributed by atoms with Crippen LogP contribution >= 0.6 is 11.3 Å². The van der Waals surface area contributed by atoms with Crippen molar-refractivity contribution >= 4 is 21.6 Å².